The monoisotopic (exact) mass is 549 g/mol. The molecule has 2 aliphatic rings. The van der Waals surface area contributed by atoms with Crippen molar-refractivity contribution < 1.29 is 35.3 Å². The number of benzene rings is 2. The minimum atomic E-state index is -4.64. The van der Waals surface area contributed by atoms with Crippen molar-refractivity contribution in [1.29, 1.82) is 0 Å². The van der Waals surface area contributed by atoms with E-state index in [-0.39, 0.29) is 11.3 Å². The first-order chi connectivity index (χ1) is 16.9. The van der Waals surface area contributed by atoms with Crippen LogP contribution in [0.15, 0.2) is 59.0 Å². The molecule has 0 aromatic heterocycles. The Bertz CT molecular complexity index is 1170. The maximum absolute atomic E-state index is 13.3. The minimum absolute atomic E-state index is 0.116. The lowest BCUT2D eigenvalue weighted by Gasteiger charge is -2.28. The number of rotatable bonds is 6. The minimum Gasteiger partial charge on any atom is -0.370 e. The number of hydrogen-bond acceptors (Lipinski definition) is 5. The van der Waals surface area contributed by atoms with E-state index in [4.69, 9.17) is 0 Å². The molecule has 5 nitrogen and oxygen atoms in total. The normalized spacial score (nSPS) is 18.9. The van der Waals surface area contributed by atoms with E-state index in [1.807, 2.05) is 12.1 Å². The standard InChI is InChI=1S/C23H21F6N3O2S2/c24-22(25,26)14-1-6-19(21(33)30-16-11-15(12-16)23(27,28)29)20(13-14)31-35-18-4-2-17(3-5-18)32-7-9-36(34)10-8-32/h1-6,11,13,16,31H,7-10,12H2,(H,30,33). The first-order valence-electron chi connectivity index (χ1n) is 10.8. The number of carbonyl (C=O) groups excluding carboxylic acids is 1. The zero-order valence-electron chi connectivity index (χ0n) is 18.6. The third-order valence-electron chi connectivity index (χ3n) is 5.77. The molecule has 194 valence electrons. The van der Waals surface area contributed by atoms with Gasteiger partial charge in [0.1, 0.15) is 0 Å². The van der Waals surface area contributed by atoms with Gasteiger partial charge in [0.15, 0.2) is 0 Å². The Morgan fingerprint density at radius 2 is 1.61 bits per heavy atom. The largest absolute Gasteiger partial charge is 0.416 e. The molecule has 0 radical (unpaired) electrons. The Labute approximate surface area is 209 Å². The molecule has 36 heavy (non-hydrogen) atoms. The van der Waals surface area contributed by atoms with Gasteiger partial charge in [0, 0.05) is 58.0 Å². The number of nitrogens with one attached hydrogen (secondary N) is 2. The summed E-state index contributed by atoms with van der Waals surface area (Å²) < 4.78 is 92.0. The summed E-state index contributed by atoms with van der Waals surface area (Å²) in [5.74, 6) is 0.395. The zero-order chi connectivity index (χ0) is 26.1. The summed E-state index contributed by atoms with van der Waals surface area (Å²) in [7, 11) is -0.807. The molecule has 4 rings (SSSR count). The quantitative estimate of drug-likeness (QED) is 0.288. The fourth-order valence-corrected chi connectivity index (χ4v) is 5.45. The molecule has 1 saturated heterocycles. The Balaban J connectivity index is 1.46. The molecule has 2 aromatic rings. The molecule has 1 aliphatic heterocycles. The van der Waals surface area contributed by atoms with Crippen molar-refractivity contribution in [3.05, 3.63) is 65.2 Å². The molecule has 0 saturated carbocycles. The summed E-state index contributed by atoms with van der Waals surface area (Å²) in [6.07, 6.45) is -8.63. The molecule has 1 fully saturated rings. The topological polar surface area (TPSA) is 61.4 Å². The van der Waals surface area contributed by atoms with E-state index in [2.05, 4.69) is 14.9 Å². The second kappa shape index (κ2) is 10.4. The van der Waals surface area contributed by atoms with Crippen LogP contribution in [0.4, 0.5) is 37.7 Å². The Hall–Kier alpha value is -2.67. The van der Waals surface area contributed by atoms with Gasteiger partial charge in [-0.15, -0.1) is 0 Å². The molecular formula is C23H21F6N3O2S2. The Morgan fingerprint density at radius 3 is 2.19 bits per heavy atom. The summed E-state index contributed by atoms with van der Waals surface area (Å²) >= 11 is 0.997. The van der Waals surface area contributed by atoms with Gasteiger partial charge in [0.2, 0.25) is 0 Å². The van der Waals surface area contributed by atoms with Crippen molar-refractivity contribution in [3.8, 4) is 0 Å². The molecule has 1 amide bonds. The van der Waals surface area contributed by atoms with E-state index in [0.717, 1.165) is 41.9 Å². The molecule has 13 heteroatoms. The van der Waals surface area contributed by atoms with E-state index in [1.165, 1.54) is 0 Å². The highest BCUT2D eigenvalue weighted by Crippen LogP contribution is 2.37. The van der Waals surface area contributed by atoms with Crippen molar-refractivity contribution in [2.45, 2.75) is 29.7 Å². The number of carbonyl (C=O) groups is 1. The van der Waals surface area contributed by atoms with Crippen molar-refractivity contribution in [3.63, 3.8) is 0 Å². The molecule has 0 bridgehead atoms. The predicted octanol–water partition coefficient (Wildman–Crippen LogP) is 5.38. The van der Waals surface area contributed by atoms with Crippen LogP contribution in [-0.2, 0) is 17.0 Å². The molecular weight excluding hydrogens is 528 g/mol. The van der Waals surface area contributed by atoms with Gasteiger partial charge < -0.3 is 14.9 Å². The average molecular weight is 550 g/mol. The SMILES string of the molecule is O=C(NC1C=C(C(F)(F)F)C1)c1ccc(C(F)(F)F)cc1NSc1ccc(N2CCS(=O)CC2)cc1. The number of anilines is 2. The van der Waals surface area contributed by atoms with Crippen LogP contribution in [-0.4, -0.2) is 46.9 Å². The summed E-state index contributed by atoms with van der Waals surface area (Å²) in [4.78, 5) is 15.4. The lowest BCUT2D eigenvalue weighted by molar-refractivity contribution is -0.137. The van der Waals surface area contributed by atoms with Crippen molar-refractivity contribution in [2.24, 2.45) is 0 Å². The maximum atomic E-state index is 13.3. The summed E-state index contributed by atoms with van der Waals surface area (Å²) in [6.45, 7) is 1.33. The van der Waals surface area contributed by atoms with Gasteiger partial charge in [-0.1, -0.05) is 6.08 Å². The highest BCUT2D eigenvalue weighted by atomic mass is 32.2. The lowest BCUT2D eigenvalue weighted by atomic mass is 9.92. The number of hydrogen-bond donors (Lipinski definition) is 2. The first-order valence-corrected chi connectivity index (χ1v) is 13.1. The number of alkyl halides is 6. The molecule has 0 spiro atoms. The average Bonchev–Trinajstić information content (AvgIpc) is 2.79. The van der Waals surface area contributed by atoms with E-state index in [9.17, 15) is 35.3 Å². The highest BCUT2D eigenvalue weighted by Gasteiger charge is 2.40. The Kier molecular flexibility index (Phi) is 7.60. The first kappa shape index (κ1) is 26.4. The highest BCUT2D eigenvalue weighted by molar-refractivity contribution is 8.00. The van der Waals surface area contributed by atoms with E-state index < -0.39 is 52.7 Å². The van der Waals surface area contributed by atoms with Crippen LogP contribution in [0.5, 0.6) is 0 Å². The molecule has 1 aliphatic carbocycles. The van der Waals surface area contributed by atoms with Crippen LogP contribution in [0.1, 0.15) is 22.3 Å². The van der Waals surface area contributed by atoms with Gasteiger partial charge in [-0.05, 0) is 54.4 Å². The fraction of sp³-hybridized carbons (Fsp3) is 0.348. The van der Waals surface area contributed by atoms with Gasteiger partial charge in [0.25, 0.3) is 5.91 Å². The van der Waals surface area contributed by atoms with Crippen LogP contribution < -0.4 is 14.9 Å². The molecule has 1 unspecified atom stereocenters. The van der Waals surface area contributed by atoms with Crippen LogP contribution in [0, 0.1) is 0 Å². The van der Waals surface area contributed by atoms with Crippen LogP contribution >= 0.6 is 11.9 Å². The smallest absolute Gasteiger partial charge is 0.370 e. The summed E-state index contributed by atoms with van der Waals surface area (Å²) in [6, 6.07) is 8.92. The van der Waals surface area contributed by atoms with Gasteiger partial charge in [-0.3, -0.25) is 9.00 Å². The van der Waals surface area contributed by atoms with Gasteiger partial charge in [-0.2, -0.15) is 26.3 Å². The van der Waals surface area contributed by atoms with Gasteiger partial charge >= 0.3 is 12.4 Å². The van der Waals surface area contributed by atoms with Crippen LogP contribution in [0.3, 0.4) is 0 Å². The molecule has 1 heterocycles. The van der Waals surface area contributed by atoms with Gasteiger partial charge in [0.05, 0.1) is 22.9 Å². The lowest BCUT2D eigenvalue weighted by Crippen LogP contribution is -2.41. The molecule has 1 atom stereocenters. The van der Waals surface area contributed by atoms with Crippen molar-refractivity contribution in [2.75, 3.05) is 34.2 Å². The van der Waals surface area contributed by atoms with Crippen molar-refractivity contribution >= 4 is 40.0 Å². The van der Waals surface area contributed by atoms with Gasteiger partial charge in [-0.25, -0.2) is 0 Å². The zero-order valence-corrected chi connectivity index (χ0v) is 20.2. The number of amides is 1. The molecule has 2 aromatic carbocycles. The van der Waals surface area contributed by atoms with Crippen LogP contribution in [0.25, 0.3) is 0 Å². The third-order valence-corrected chi connectivity index (χ3v) is 7.88. The van der Waals surface area contributed by atoms with E-state index in [1.54, 1.807) is 12.1 Å². The predicted molar refractivity (Wildman–Crippen MR) is 127 cm³/mol. The maximum Gasteiger partial charge on any atom is 0.416 e. The fourth-order valence-electron chi connectivity index (χ4n) is 3.73. The second-order valence-corrected chi connectivity index (χ2v) is 10.8. The number of halogens is 6. The second-order valence-electron chi connectivity index (χ2n) is 8.27. The summed E-state index contributed by atoms with van der Waals surface area (Å²) in [5.41, 5.74) is -1.03. The number of nitrogens with zero attached hydrogens (tertiary/aromatic N) is 1. The van der Waals surface area contributed by atoms with Crippen LogP contribution in [0.2, 0.25) is 0 Å². The molecule has 2 N–H and O–H groups in total. The third kappa shape index (κ3) is 6.36. The summed E-state index contributed by atoms with van der Waals surface area (Å²) in [5, 5.41) is 2.41. The van der Waals surface area contributed by atoms with E-state index >= 15 is 0 Å². The van der Waals surface area contributed by atoms with Crippen molar-refractivity contribution in [1.82, 2.24) is 5.32 Å². The van der Waals surface area contributed by atoms with E-state index in [0.29, 0.717) is 29.5 Å². The Morgan fingerprint density at radius 1 is 0.972 bits per heavy atom.